The van der Waals surface area contributed by atoms with Gasteiger partial charge in [-0.05, 0) is 48.9 Å². The molecule has 0 spiro atoms. The van der Waals surface area contributed by atoms with E-state index in [0.29, 0.717) is 6.42 Å². The van der Waals surface area contributed by atoms with Gasteiger partial charge in [-0.15, -0.1) is 0 Å². The van der Waals surface area contributed by atoms with Gasteiger partial charge in [0, 0.05) is 26.4 Å². The fourth-order valence-corrected chi connectivity index (χ4v) is 4.61. The van der Waals surface area contributed by atoms with Crippen LogP contribution in [-0.4, -0.2) is 77.3 Å². The van der Waals surface area contributed by atoms with Crippen LogP contribution in [0, 0.1) is 0 Å². The first-order valence-corrected chi connectivity index (χ1v) is 13.6. The summed E-state index contributed by atoms with van der Waals surface area (Å²) in [6.45, 7) is 0.239. The molecule has 0 unspecified atom stereocenters. The summed E-state index contributed by atoms with van der Waals surface area (Å²) in [6, 6.07) is 11.2. The van der Waals surface area contributed by atoms with Gasteiger partial charge in [-0.1, -0.05) is 42.5 Å². The average Bonchev–Trinajstić information content (AvgIpc) is 2.95. The van der Waals surface area contributed by atoms with E-state index in [1.807, 2.05) is 18.2 Å². The van der Waals surface area contributed by atoms with Crippen molar-refractivity contribution in [2.75, 3.05) is 13.6 Å². The third-order valence-corrected chi connectivity index (χ3v) is 7.04. The summed E-state index contributed by atoms with van der Waals surface area (Å²) in [6.07, 6.45) is 0.843. The smallest absolute Gasteiger partial charge is 0.245 e. The second-order valence-electron chi connectivity index (χ2n) is 10.2. The number of likely N-dealkylation sites (N-methyl/N-ethyl adjacent to an activating group) is 1. The molecule has 5 amide bonds. The van der Waals surface area contributed by atoms with E-state index in [1.54, 1.807) is 24.3 Å². The summed E-state index contributed by atoms with van der Waals surface area (Å²) in [5.74, 6) is -2.73. The molecule has 0 aliphatic carbocycles. The van der Waals surface area contributed by atoms with Gasteiger partial charge in [-0.3, -0.25) is 24.0 Å². The van der Waals surface area contributed by atoms with Crippen LogP contribution in [0.15, 0.2) is 54.6 Å². The van der Waals surface area contributed by atoms with Gasteiger partial charge in [0.1, 0.15) is 23.9 Å². The Labute approximate surface area is 238 Å². The number of rotatable bonds is 7. The normalized spacial score (nSPS) is 21.7. The van der Waals surface area contributed by atoms with Gasteiger partial charge in [0.2, 0.25) is 29.5 Å². The minimum absolute atomic E-state index is 0.0141. The number of primary amides is 1. The summed E-state index contributed by atoms with van der Waals surface area (Å²) in [5.41, 5.74) is 13.1. The molecule has 1 saturated heterocycles. The van der Waals surface area contributed by atoms with Crippen molar-refractivity contribution in [1.82, 2.24) is 20.9 Å². The number of phenols is 1. The molecule has 4 atom stereocenters. The number of hydrogen-bond donors (Lipinski definition) is 6. The van der Waals surface area contributed by atoms with Crippen LogP contribution in [0.25, 0.3) is 0 Å². The maximum atomic E-state index is 13.8. The molecule has 2 aromatic carbocycles. The second-order valence-corrected chi connectivity index (χ2v) is 10.2. The van der Waals surface area contributed by atoms with Crippen LogP contribution in [-0.2, 0) is 36.8 Å². The van der Waals surface area contributed by atoms with Gasteiger partial charge in [-0.2, -0.15) is 0 Å². The fourth-order valence-electron chi connectivity index (χ4n) is 4.61. The second kappa shape index (κ2) is 14.8. The maximum absolute atomic E-state index is 13.8. The number of aromatic hydroxyl groups is 1. The summed E-state index contributed by atoms with van der Waals surface area (Å²) in [5, 5.41) is 17.5. The quantitative estimate of drug-likeness (QED) is 0.259. The first-order valence-electron chi connectivity index (χ1n) is 13.6. The predicted octanol–water partition coefficient (Wildman–Crippen LogP) is -0.523. The van der Waals surface area contributed by atoms with Crippen LogP contribution in [0.2, 0.25) is 0 Å². The minimum atomic E-state index is -1.11. The number of hydrogen-bond acceptors (Lipinski definition) is 7. The highest BCUT2D eigenvalue weighted by Crippen LogP contribution is 2.14. The molecule has 1 fully saturated rings. The van der Waals surface area contributed by atoms with Crippen LogP contribution in [0.3, 0.4) is 0 Å². The van der Waals surface area contributed by atoms with E-state index >= 15 is 0 Å². The van der Waals surface area contributed by atoms with Crippen LogP contribution in [0.1, 0.15) is 36.8 Å². The number of nitrogens with zero attached hydrogens (tertiary/aromatic N) is 1. The number of benzene rings is 2. The topological polar surface area (TPSA) is 197 Å². The highest BCUT2D eigenvalue weighted by Gasteiger charge is 2.34. The monoisotopic (exact) mass is 566 g/mol. The van der Waals surface area contributed by atoms with Gasteiger partial charge >= 0.3 is 0 Å². The van der Waals surface area contributed by atoms with E-state index < -0.39 is 47.8 Å². The molecule has 2 aromatic rings. The number of nitrogens with one attached hydrogen (secondary N) is 3. The Bertz CT molecular complexity index is 1220. The first kappa shape index (κ1) is 31.1. The molecule has 0 saturated carbocycles. The van der Waals surface area contributed by atoms with Gasteiger partial charge in [-0.25, -0.2) is 0 Å². The molecule has 3 rings (SSSR count). The minimum Gasteiger partial charge on any atom is -0.508 e. The Hall–Kier alpha value is -4.45. The zero-order valence-corrected chi connectivity index (χ0v) is 23.0. The molecule has 220 valence electrons. The molecule has 12 heteroatoms. The van der Waals surface area contributed by atoms with Crippen LogP contribution in [0.5, 0.6) is 5.75 Å². The molecule has 12 nitrogen and oxygen atoms in total. The Balaban J connectivity index is 1.85. The Morgan fingerprint density at radius 2 is 1.73 bits per heavy atom. The number of phenolic OH excluding ortho intramolecular Hbond substituents is 1. The predicted molar refractivity (Wildman–Crippen MR) is 151 cm³/mol. The van der Waals surface area contributed by atoms with Crippen molar-refractivity contribution >= 4 is 29.5 Å². The summed E-state index contributed by atoms with van der Waals surface area (Å²) in [4.78, 5) is 66.0. The lowest BCUT2D eigenvalue weighted by Gasteiger charge is -2.32. The van der Waals surface area contributed by atoms with Gasteiger partial charge in [0.05, 0.1) is 6.04 Å². The average molecular weight is 567 g/mol. The van der Waals surface area contributed by atoms with Crippen molar-refractivity contribution in [3.8, 4) is 5.75 Å². The number of amides is 5. The first-order chi connectivity index (χ1) is 19.5. The van der Waals surface area contributed by atoms with Crippen LogP contribution in [0.4, 0.5) is 0 Å². The molecule has 41 heavy (non-hydrogen) atoms. The Morgan fingerprint density at radius 3 is 2.39 bits per heavy atom. The van der Waals surface area contributed by atoms with E-state index in [1.165, 1.54) is 24.1 Å². The standard InChI is InChI=1S/C29H38N6O6/c1-35-24(17-18-6-3-2-4-7-18)28(40)33-22(26(31)38)13-14-25(37)32-15-5-8-23(29(35)41)34-27(39)21(30)16-19-9-11-20(36)12-10-19/h2-4,6-7,9-12,21-24,36H,5,8,13-17,30H2,1H3,(H2,31,38)(H,32,37)(H,33,40)(H,34,39)/t21-,22-,23+,24-/m0/s1. The summed E-state index contributed by atoms with van der Waals surface area (Å²) < 4.78 is 0. The van der Waals surface area contributed by atoms with E-state index in [4.69, 9.17) is 11.5 Å². The Morgan fingerprint density at radius 1 is 1.05 bits per heavy atom. The lowest BCUT2D eigenvalue weighted by Crippen LogP contribution is -2.58. The third-order valence-electron chi connectivity index (χ3n) is 7.04. The van der Waals surface area contributed by atoms with E-state index in [9.17, 15) is 29.1 Å². The molecule has 1 aliphatic heterocycles. The van der Waals surface area contributed by atoms with Crippen molar-refractivity contribution in [3.63, 3.8) is 0 Å². The van der Waals surface area contributed by atoms with Crippen molar-refractivity contribution in [2.24, 2.45) is 11.5 Å². The molecule has 0 radical (unpaired) electrons. The highest BCUT2D eigenvalue weighted by molar-refractivity contribution is 5.95. The van der Waals surface area contributed by atoms with Crippen LogP contribution < -0.4 is 27.4 Å². The molecule has 1 heterocycles. The number of carbonyl (C=O) groups is 5. The largest absolute Gasteiger partial charge is 0.508 e. The molecule has 0 aromatic heterocycles. The number of nitrogens with two attached hydrogens (primary N) is 2. The third kappa shape index (κ3) is 9.31. The zero-order chi connectivity index (χ0) is 29.9. The van der Waals surface area contributed by atoms with E-state index in [-0.39, 0.29) is 50.3 Å². The molecule has 1 aliphatic rings. The summed E-state index contributed by atoms with van der Waals surface area (Å²) >= 11 is 0. The van der Waals surface area contributed by atoms with Gasteiger partial charge < -0.3 is 37.4 Å². The molecular weight excluding hydrogens is 528 g/mol. The fraction of sp³-hybridized carbons (Fsp3) is 0.414. The summed E-state index contributed by atoms with van der Waals surface area (Å²) in [7, 11) is 1.47. The maximum Gasteiger partial charge on any atom is 0.245 e. The van der Waals surface area contributed by atoms with E-state index in [0.717, 1.165) is 11.1 Å². The van der Waals surface area contributed by atoms with Gasteiger partial charge in [0.25, 0.3) is 0 Å². The Kier molecular flexibility index (Phi) is 11.2. The lowest BCUT2D eigenvalue weighted by atomic mass is 10.0. The SMILES string of the molecule is CN1C(=O)[C@H](NC(=O)[C@@H](N)Cc2ccc(O)cc2)CCCNC(=O)CC[C@@H](C(N)=O)NC(=O)[C@@H]1Cc1ccccc1. The van der Waals surface area contributed by atoms with Crippen molar-refractivity contribution in [3.05, 3.63) is 65.7 Å². The van der Waals surface area contributed by atoms with E-state index in [2.05, 4.69) is 16.0 Å². The zero-order valence-electron chi connectivity index (χ0n) is 23.0. The lowest BCUT2D eigenvalue weighted by molar-refractivity contribution is -0.142. The molecule has 0 bridgehead atoms. The van der Waals surface area contributed by atoms with Crippen LogP contribution >= 0.6 is 0 Å². The van der Waals surface area contributed by atoms with Crippen molar-refractivity contribution < 1.29 is 29.1 Å². The molecular formula is C29H38N6O6. The molecule has 8 N–H and O–H groups in total. The van der Waals surface area contributed by atoms with Crippen molar-refractivity contribution in [2.45, 2.75) is 62.7 Å². The van der Waals surface area contributed by atoms with Crippen molar-refractivity contribution in [1.29, 1.82) is 0 Å². The highest BCUT2D eigenvalue weighted by atomic mass is 16.3. The number of carbonyl (C=O) groups excluding carboxylic acids is 5. The van der Waals surface area contributed by atoms with Gasteiger partial charge in [0.15, 0.2) is 0 Å².